The molecule has 1 aliphatic heterocycles. The summed E-state index contributed by atoms with van der Waals surface area (Å²) in [5, 5.41) is 3.67. The van der Waals surface area contributed by atoms with E-state index in [9.17, 15) is 0 Å². The molecule has 0 aliphatic carbocycles. The maximum atomic E-state index is 3.67. The SMILES string of the molecule is CCC(CC)c1ccccc1CC1CCCCN1. The zero-order valence-corrected chi connectivity index (χ0v) is 11.9. The molecule has 0 aromatic heterocycles. The summed E-state index contributed by atoms with van der Waals surface area (Å²) in [6.07, 6.45) is 7.82. The summed E-state index contributed by atoms with van der Waals surface area (Å²) in [6, 6.07) is 9.78. The molecular weight excluding hydrogens is 218 g/mol. The molecule has 18 heavy (non-hydrogen) atoms. The molecule has 1 N–H and O–H groups in total. The molecule has 0 amide bonds. The second kappa shape index (κ2) is 6.94. The van der Waals surface area contributed by atoms with Crippen LogP contribution in [0.5, 0.6) is 0 Å². The standard InChI is InChI=1S/C17H27N/c1-3-14(4-2)17-11-6-5-9-15(17)13-16-10-7-8-12-18-16/h5-6,9,11,14,16,18H,3-4,7-8,10,12-13H2,1-2H3. The van der Waals surface area contributed by atoms with E-state index in [2.05, 4.69) is 43.4 Å². The summed E-state index contributed by atoms with van der Waals surface area (Å²) in [7, 11) is 0. The quantitative estimate of drug-likeness (QED) is 0.816. The topological polar surface area (TPSA) is 12.0 Å². The van der Waals surface area contributed by atoms with Gasteiger partial charge in [0.05, 0.1) is 0 Å². The highest BCUT2D eigenvalue weighted by Gasteiger charge is 2.17. The molecule has 0 spiro atoms. The molecule has 1 saturated heterocycles. The van der Waals surface area contributed by atoms with Crippen molar-refractivity contribution in [3.05, 3.63) is 35.4 Å². The van der Waals surface area contributed by atoms with E-state index in [-0.39, 0.29) is 0 Å². The average Bonchev–Trinajstić information content (AvgIpc) is 2.43. The van der Waals surface area contributed by atoms with Crippen LogP contribution < -0.4 is 5.32 Å². The first kappa shape index (κ1) is 13.6. The van der Waals surface area contributed by atoms with Crippen LogP contribution in [0.4, 0.5) is 0 Å². The van der Waals surface area contributed by atoms with Gasteiger partial charge in [-0.3, -0.25) is 0 Å². The van der Waals surface area contributed by atoms with Crippen LogP contribution in [0.1, 0.15) is 63.0 Å². The maximum absolute atomic E-state index is 3.67. The number of nitrogens with one attached hydrogen (secondary N) is 1. The summed E-state index contributed by atoms with van der Waals surface area (Å²) in [5.41, 5.74) is 3.17. The third-order valence-corrected chi connectivity index (χ3v) is 4.36. The van der Waals surface area contributed by atoms with Crippen LogP contribution in [0.15, 0.2) is 24.3 Å². The van der Waals surface area contributed by atoms with Gasteiger partial charge in [-0.1, -0.05) is 44.5 Å². The fraction of sp³-hybridized carbons (Fsp3) is 0.647. The Morgan fingerprint density at radius 3 is 2.61 bits per heavy atom. The van der Waals surface area contributed by atoms with Crippen molar-refractivity contribution in [2.75, 3.05) is 6.54 Å². The molecule has 0 saturated carbocycles. The lowest BCUT2D eigenvalue weighted by Gasteiger charge is -2.26. The van der Waals surface area contributed by atoms with E-state index < -0.39 is 0 Å². The largest absolute Gasteiger partial charge is 0.314 e. The Hall–Kier alpha value is -0.820. The van der Waals surface area contributed by atoms with Gasteiger partial charge in [0.15, 0.2) is 0 Å². The van der Waals surface area contributed by atoms with Crippen molar-refractivity contribution in [3.8, 4) is 0 Å². The van der Waals surface area contributed by atoms with Gasteiger partial charge in [0, 0.05) is 6.04 Å². The van der Waals surface area contributed by atoms with Gasteiger partial charge >= 0.3 is 0 Å². The van der Waals surface area contributed by atoms with Gasteiger partial charge in [-0.15, -0.1) is 0 Å². The molecule has 1 fully saturated rings. The first-order valence-electron chi connectivity index (χ1n) is 7.66. The van der Waals surface area contributed by atoms with Crippen LogP contribution in [0.3, 0.4) is 0 Å². The number of benzene rings is 1. The Balaban J connectivity index is 2.10. The summed E-state index contributed by atoms with van der Waals surface area (Å²) >= 11 is 0. The van der Waals surface area contributed by atoms with Gasteiger partial charge in [-0.25, -0.2) is 0 Å². The number of hydrogen-bond acceptors (Lipinski definition) is 1. The highest BCUT2D eigenvalue weighted by atomic mass is 14.9. The molecule has 1 aromatic rings. The monoisotopic (exact) mass is 245 g/mol. The first-order chi connectivity index (χ1) is 8.85. The second-order valence-electron chi connectivity index (χ2n) is 5.56. The van der Waals surface area contributed by atoms with Crippen molar-refractivity contribution in [1.82, 2.24) is 5.32 Å². The minimum absolute atomic E-state index is 0.703. The van der Waals surface area contributed by atoms with Crippen molar-refractivity contribution >= 4 is 0 Å². The van der Waals surface area contributed by atoms with E-state index in [1.165, 1.54) is 45.1 Å². The van der Waals surface area contributed by atoms with Crippen LogP contribution in [0, 0.1) is 0 Å². The van der Waals surface area contributed by atoms with E-state index in [0.29, 0.717) is 6.04 Å². The summed E-state index contributed by atoms with van der Waals surface area (Å²) in [6.45, 7) is 5.82. The molecule has 100 valence electrons. The van der Waals surface area contributed by atoms with Gasteiger partial charge < -0.3 is 5.32 Å². The maximum Gasteiger partial charge on any atom is 0.0108 e. The molecule has 1 heteroatoms. The molecule has 1 nitrogen and oxygen atoms in total. The Morgan fingerprint density at radius 1 is 1.17 bits per heavy atom. The summed E-state index contributed by atoms with van der Waals surface area (Å²) < 4.78 is 0. The highest BCUT2D eigenvalue weighted by molar-refractivity contribution is 5.31. The lowest BCUT2D eigenvalue weighted by atomic mass is 9.86. The van der Waals surface area contributed by atoms with Crippen molar-refractivity contribution in [2.45, 2.75) is 64.3 Å². The minimum Gasteiger partial charge on any atom is -0.314 e. The van der Waals surface area contributed by atoms with E-state index in [1.807, 2.05) is 0 Å². The van der Waals surface area contributed by atoms with E-state index >= 15 is 0 Å². The summed E-state index contributed by atoms with van der Waals surface area (Å²) in [5.74, 6) is 0.741. The zero-order valence-electron chi connectivity index (χ0n) is 11.9. The Bertz CT molecular complexity index is 348. The predicted molar refractivity (Wildman–Crippen MR) is 79.1 cm³/mol. The Morgan fingerprint density at radius 2 is 1.94 bits per heavy atom. The molecule has 1 aliphatic rings. The number of rotatable bonds is 5. The zero-order chi connectivity index (χ0) is 12.8. The smallest absolute Gasteiger partial charge is 0.0108 e. The first-order valence-corrected chi connectivity index (χ1v) is 7.66. The molecule has 0 radical (unpaired) electrons. The minimum atomic E-state index is 0.703. The summed E-state index contributed by atoms with van der Waals surface area (Å²) in [4.78, 5) is 0. The van der Waals surface area contributed by atoms with Gasteiger partial charge in [0.2, 0.25) is 0 Å². The van der Waals surface area contributed by atoms with Gasteiger partial charge in [-0.2, -0.15) is 0 Å². The normalized spacial score (nSPS) is 20.3. The van der Waals surface area contributed by atoms with E-state index in [1.54, 1.807) is 11.1 Å². The van der Waals surface area contributed by atoms with Crippen molar-refractivity contribution in [1.29, 1.82) is 0 Å². The van der Waals surface area contributed by atoms with Crippen molar-refractivity contribution in [2.24, 2.45) is 0 Å². The number of hydrogen-bond donors (Lipinski definition) is 1. The van der Waals surface area contributed by atoms with Gasteiger partial charge in [0.1, 0.15) is 0 Å². The molecule has 1 unspecified atom stereocenters. The molecule has 1 aromatic carbocycles. The van der Waals surface area contributed by atoms with Gasteiger partial charge in [0.25, 0.3) is 0 Å². The van der Waals surface area contributed by atoms with Crippen LogP contribution >= 0.6 is 0 Å². The molecular formula is C17H27N. The Labute approximate surface area is 112 Å². The lowest BCUT2D eigenvalue weighted by molar-refractivity contribution is 0.398. The average molecular weight is 245 g/mol. The van der Waals surface area contributed by atoms with E-state index in [4.69, 9.17) is 0 Å². The fourth-order valence-electron chi connectivity index (χ4n) is 3.21. The molecule has 1 heterocycles. The van der Waals surface area contributed by atoms with Crippen LogP contribution in [-0.2, 0) is 6.42 Å². The fourth-order valence-corrected chi connectivity index (χ4v) is 3.21. The van der Waals surface area contributed by atoms with Crippen molar-refractivity contribution in [3.63, 3.8) is 0 Å². The van der Waals surface area contributed by atoms with Gasteiger partial charge in [-0.05, 0) is 55.7 Å². The van der Waals surface area contributed by atoms with Crippen LogP contribution in [0.25, 0.3) is 0 Å². The molecule has 1 atom stereocenters. The molecule has 2 rings (SSSR count). The third kappa shape index (κ3) is 3.35. The van der Waals surface area contributed by atoms with Crippen LogP contribution in [-0.4, -0.2) is 12.6 Å². The molecule has 0 bridgehead atoms. The predicted octanol–water partition coefficient (Wildman–Crippen LogP) is 4.27. The van der Waals surface area contributed by atoms with Crippen molar-refractivity contribution < 1.29 is 0 Å². The number of piperidine rings is 1. The van der Waals surface area contributed by atoms with Crippen LogP contribution in [0.2, 0.25) is 0 Å². The Kier molecular flexibility index (Phi) is 5.25. The second-order valence-corrected chi connectivity index (χ2v) is 5.56. The van der Waals surface area contributed by atoms with E-state index in [0.717, 1.165) is 5.92 Å². The third-order valence-electron chi connectivity index (χ3n) is 4.36. The highest BCUT2D eigenvalue weighted by Crippen LogP contribution is 2.27. The lowest BCUT2D eigenvalue weighted by Crippen LogP contribution is -2.35.